The molecule has 2 heterocycles. The summed E-state index contributed by atoms with van der Waals surface area (Å²) in [5, 5.41) is 5.44. The number of carbonyl (C=O) groups is 3. The first kappa shape index (κ1) is 30.9. The van der Waals surface area contributed by atoms with Gasteiger partial charge in [-0.25, -0.2) is 4.98 Å². The van der Waals surface area contributed by atoms with Gasteiger partial charge in [0.2, 0.25) is 11.8 Å². The number of hydrogen-bond donors (Lipinski definition) is 3. The van der Waals surface area contributed by atoms with Gasteiger partial charge in [-0.05, 0) is 37.8 Å². The van der Waals surface area contributed by atoms with Crippen molar-refractivity contribution in [2.45, 2.75) is 57.0 Å². The Morgan fingerprint density at radius 3 is 2.31 bits per heavy atom. The first-order chi connectivity index (χ1) is 20.2. The number of rotatable bonds is 12. The van der Waals surface area contributed by atoms with Crippen LogP contribution in [-0.4, -0.2) is 76.7 Å². The molecule has 11 heteroatoms. The number of benzene rings is 2. The third-order valence-corrected chi connectivity index (χ3v) is 7.19. The smallest absolute Gasteiger partial charge is 0.250 e. The van der Waals surface area contributed by atoms with Gasteiger partial charge in [0.05, 0.1) is 31.2 Å². The number of piperidine rings is 1. The molecule has 0 aliphatic carbocycles. The van der Waals surface area contributed by atoms with Gasteiger partial charge in [0.15, 0.2) is 5.82 Å². The Morgan fingerprint density at radius 1 is 1.05 bits per heavy atom. The van der Waals surface area contributed by atoms with Gasteiger partial charge in [0.25, 0.3) is 5.91 Å². The molecular weight excluding hydrogens is 536 g/mol. The van der Waals surface area contributed by atoms with E-state index in [-0.39, 0.29) is 31.0 Å². The monoisotopic (exact) mass is 576 g/mol. The van der Waals surface area contributed by atoms with E-state index in [0.29, 0.717) is 13.1 Å². The van der Waals surface area contributed by atoms with Crippen LogP contribution < -0.4 is 16.4 Å². The minimum absolute atomic E-state index is 0.0596. The van der Waals surface area contributed by atoms with E-state index in [2.05, 4.69) is 15.6 Å². The van der Waals surface area contributed by atoms with E-state index in [1.54, 1.807) is 31.7 Å². The zero-order chi connectivity index (χ0) is 30.1. The zero-order valence-corrected chi connectivity index (χ0v) is 24.4. The Bertz CT molecular complexity index is 1320. The number of carbonyl (C=O) groups excluding carboxylic acids is 3. The molecule has 2 aromatic carbocycles. The summed E-state index contributed by atoms with van der Waals surface area (Å²) >= 11 is 0. The second-order valence-corrected chi connectivity index (χ2v) is 11.0. The van der Waals surface area contributed by atoms with E-state index in [1.807, 2.05) is 65.6 Å². The third kappa shape index (κ3) is 8.25. The van der Waals surface area contributed by atoms with Crippen LogP contribution in [0, 0.1) is 0 Å². The van der Waals surface area contributed by atoms with Gasteiger partial charge in [0.1, 0.15) is 12.1 Å². The molecule has 0 bridgehead atoms. The Hall–Kier alpha value is -4.06. The highest BCUT2D eigenvalue weighted by Gasteiger charge is 2.32. The topological polar surface area (TPSA) is 141 Å². The molecule has 1 aliphatic rings. The number of nitrogens with one attached hydrogen (secondary N) is 2. The van der Waals surface area contributed by atoms with Crippen molar-refractivity contribution in [3.63, 3.8) is 0 Å². The number of imidazole rings is 1. The van der Waals surface area contributed by atoms with Crippen molar-refractivity contribution >= 4 is 23.5 Å². The summed E-state index contributed by atoms with van der Waals surface area (Å²) in [6.07, 6.45) is 4.83. The van der Waals surface area contributed by atoms with Crippen molar-refractivity contribution < 1.29 is 23.9 Å². The van der Waals surface area contributed by atoms with Crippen LogP contribution in [0.2, 0.25) is 0 Å². The van der Waals surface area contributed by atoms with E-state index >= 15 is 0 Å². The molecule has 224 valence electrons. The lowest BCUT2D eigenvalue weighted by atomic mass is 10.0. The molecule has 2 atom stereocenters. The van der Waals surface area contributed by atoms with Crippen LogP contribution in [0.15, 0.2) is 73.2 Å². The summed E-state index contributed by atoms with van der Waals surface area (Å²) in [6.45, 7) is 4.50. The number of methoxy groups -OCH3 is 1. The maximum Gasteiger partial charge on any atom is 0.250 e. The summed E-state index contributed by atoms with van der Waals surface area (Å²) in [5.74, 6) is -0.838. The van der Waals surface area contributed by atoms with Gasteiger partial charge in [-0.15, -0.1) is 0 Å². The lowest BCUT2D eigenvalue weighted by Crippen LogP contribution is -2.56. The van der Waals surface area contributed by atoms with Gasteiger partial charge in [0, 0.05) is 26.4 Å². The second kappa shape index (κ2) is 14.2. The number of aromatic nitrogens is 2. The molecule has 3 aromatic rings. The Labute approximate surface area is 246 Å². The first-order valence-electron chi connectivity index (χ1n) is 14.1. The van der Waals surface area contributed by atoms with Crippen LogP contribution >= 0.6 is 0 Å². The van der Waals surface area contributed by atoms with Crippen molar-refractivity contribution in [1.29, 1.82) is 0 Å². The average molecular weight is 577 g/mol. The Kier molecular flexibility index (Phi) is 10.5. The van der Waals surface area contributed by atoms with Crippen LogP contribution in [0.4, 0.5) is 5.82 Å². The van der Waals surface area contributed by atoms with Gasteiger partial charge in [-0.2, -0.15) is 0 Å². The maximum absolute atomic E-state index is 13.8. The fourth-order valence-corrected chi connectivity index (χ4v) is 4.71. The molecule has 1 aromatic heterocycles. The van der Waals surface area contributed by atoms with Gasteiger partial charge < -0.3 is 35.3 Å². The van der Waals surface area contributed by atoms with E-state index in [1.165, 1.54) is 6.33 Å². The first-order valence-corrected chi connectivity index (χ1v) is 14.1. The van der Waals surface area contributed by atoms with Gasteiger partial charge >= 0.3 is 0 Å². The average Bonchev–Trinajstić information content (AvgIpc) is 3.44. The Balaban J connectivity index is 1.49. The third-order valence-electron chi connectivity index (χ3n) is 7.19. The fraction of sp³-hybridized carbons (Fsp3) is 0.419. The molecule has 4 rings (SSSR count). The summed E-state index contributed by atoms with van der Waals surface area (Å²) in [6, 6.07) is 17.3. The highest BCUT2D eigenvalue weighted by molar-refractivity contribution is 5.98. The maximum atomic E-state index is 13.8. The molecule has 11 nitrogen and oxygen atoms in total. The van der Waals surface area contributed by atoms with Crippen LogP contribution in [-0.2, 0) is 30.5 Å². The molecule has 1 unspecified atom stereocenters. The molecular formula is C31H40N6O5. The summed E-state index contributed by atoms with van der Waals surface area (Å²) in [5.41, 5.74) is 6.50. The lowest BCUT2D eigenvalue weighted by Gasteiger charge is -2.34. The fourth-order valence-electron chi connectivity index (χ4n) is 4.71. The normalized spacial score (nSPS) is 15.6. The number of likely N-dealkylation sites (tertiary alicyclic amines) is 1. The summed E-state index contributed by atoms with van der Waals surface area (Å²) in [4.78, 5) is 45.9. The quantitative estimate of drug-likeness (QED) is 0.301. The van der Waals surface area contributed by atoms with Crippen LogP contribution in [0.1, 0.15) is 43.9 Å². The standard InChI is InChI=1S/C31H40N6O5/c1-31(2,32)30(40)34-25(20-42-19-22-10-6-4-7-11-22)28(38)35-26-18-37(21-33-26)27(23-12-8-5-9-13-23)29(39)36-16-14-24(41-3)15-17-36/h4-13,18,21,24-25,27H,14-17,19-20,32H2,1-3H3,(H,34,40)(H,35,38)/t25-,27?/m1/s1. The highest BCUT2D eigenvalue weighted by atomic mass is 16.5. The van der Waals surface area contributed by atoms with Crippen molar-refractivity contribution in [3.05, 3.63) is 84.3 Å². The second-order valence-electron chi connectivity index (χ2n) is 11.0. The molecule has 42 heavy (non-hydrogen) atoms. The molecule has 1 aliphatic heterocycles. The van der Waals surface area contributed by atoms with Crippen LogP contribution in [0.3, 0.4) is 0 Å². The van der Waals surface area contributed by atoms with Crippen LogP contribution in [0.5, 0.6) is 0 Å². The van der Waals surface area contributed by atoms with Gasteiger partial charge in [-0.1, -0.05) is 60.7 Å². The molecule has 0 spiro atoms. The largest absolute Gasteiger partial charge is 0.381 e. The molecule has 4 N–H and O–H groups in total. The number of hydrogen-bond acceptors (Lipinski definition) is 7. The predicted octanol–water partition coefficient (Wildman–Crippen LogP) is 2.49. The number of nitrogens with zero attached hydrogens (tertiary/aromatic N) is 3. The predicted molar refractivity (Wildman–Crippen MR) is 158 cm³/mol. The molecule has 1 fully saturated rings. The minimum atomic E-state index is -1.19. The number of nitrogens with two attached hydrogens (primary N) is 1. The van der Waals surface area contributed by atoms with E-state index in [0.717, 1.165) is 24.0 Å². The summed E-state index contributed by atoms with van der Waals surface area (Å²) < 4.78 is 12.9. The van der Waals surface area contributed by atoms with Gasteiger partial charge in [-0.3, -0.25) is 14.4 Å². The van der Waals surface area contributed by atoms with E-state index in [9.17, 15) is 14.4 Å². The number of ether oxygens (including phenoxy) is 2. The van der Waals surface area contributed by atoms with E-state index < -0.39 is 29.4 Å². The number of anilines is 1. The van der Waals surface area contributed by atoms with Crippen molar-refractivity contribution in [3.8, 4) is 0 Å². The Morgan fingerprint density at radius 2 is 1.69 bits per heavy atom. The van der Waals surface area contributed by atoms with Crippen molar-refractivity contribution in [2.75, 3.05) is 32.1 Å². The minimum Gasteiger partial charge on any atom is -0.381 e. The lowest BCUT2D eigenvalue weighted by molar-refractivity contribution is -0.136. The molecule has 3 amide bonds. The zero-order valence-electron chi connectivity index (χ0n) is 24.4. The van der Waals surface area contributed by atoms with Crippen LogP contribution in [0.25, 0.3) is 0 Å². The van der Waals surface area contributed by atoms with E-state index in [4.69, 9.17) is 15.2 Å². The summed E-state index contributed by atoms with van der Waals surface area (Å²) in [7, 11) is 1.69. The SMILES string of the molecule is COC1CCN(C(=O)C(c2ccccc2)n2cnc(NC(=O)[C@@H](COCc3ccccc3)NC(=O)C(C)(C)N)c2)CC1. The van der Waals surface area contributed by atoms with Crippen molar-refractivity contribution in [2.24, 2.45) is 5.73 Å². The highest BCUT2D eigenvalue weighted by Crippen LogP contribution is 2.25. The number of amides is 3. The van der Waals surface area contributed by atoms with Crippen molar-refractivity contribution in [1.82, 2.24) is 19.8 Å². The molecule has 0 radical (unpaired) electrons. The molecule has 1 saturated heterocycles. The molecule has 0 saturated carbocycles.